The molecule has 0 atom stereocenters. The summed E-state index contributed by atoms with van der Waals surface area (Å²) in [5, 5.41) is 2.54. The molecule has 1 heteroatoms. The molecule has 122 valence electrons. The molecule has 0 aliphatic carbocycles. The van der Waals surface area contributed by atoms with Crippen LogP contribution in [-0.2, 0) is 0 Å². The van der Waals surface area contributed by atoms with Crippen molar-refractivity contribution < 1.29 is 0 Å². The van der Waals surface area contributed by atoms with Crippen molar-refractivity contribution in [2.75, 3.05) is 11.9 Å². The van der Waals surface area contributed by atoms with Gasteiger partial charge in [0.25, 0.3) is 0 Å². The molecule has 0 unspecified atom stereocenters. The van der Waals surface area contributed by atoms with Gasteiger partial charge in [-0.1, -0.05) is 72.3 Å². The van der Waals surface area contributed by atoms with Gasteiger partial charge in [0.05, 0.1) is 0 Å². The first-order valence-electron chi connectivity index (χ1n) is 8.60. The summed E-state index contributed by atoms with van der Waals surface area (Å²) in [7, 11) is 2.12. The summed E-state index contributed by atoms with van der Waals surface area (Å²) in [5.41, 5.74) is 6.17. The summed E-state index contributed by atoms with van der Waals surface area (Å²) in [4.78, 5) is 2.23. The van der Waals surface area contributed by atoms with Crippen molar-refractivity contribution in [2.24, 2.45) is 0 Å². The lowest BCUT2D eigenvalue weighted by molar-refractivity contribution is 1.21. The Morgan fingerprint density at radius 1 is 0.560 bits per heavy atom. The number of aryl methyl sites for hydroxylation is 1. The van der Waals surface area contributed by atoms with Crippen LogP contribution >= 0.6 is 0 Å². The lowest BCUT2D eigenvalue weighted by atomic mass is 10.0. The van der Waals surface area contributed by atoms with E-state index < -0.39 is 0 Å². The Labute approximate surface area is 149 Å². The first kappa shape index (κ1) is 15.5. The van der Waals surface area contributed by atoms with Gasteiger partial charge in [-0.2, -0.15) is 0 Å². The van der Waals surface area contributed by atoms with Crippen LogP contribution in [0.5, 0.6) is 0 Å². The molecule has 0 fully saturated rings. The molecule has 1 nitrogen and oxygen atoms in total. The highest BCUT2D eigenvalue weighted by molar-refractivity contribution is 5.87. The van der Waals surface area contributed by atoms with E-state index in [2.05, 4.69) is 110 Å². The molecule has 25 heavy (non-hydrogen) atoms. The minimum absolute atomic E-state index is 1.19. The predicted molar refractivity (Wildman–Crippen MR) is 109 cm³/mol. The van der Waals surface area contributed by atoms with Crippen LogP contribution in [0.15, 0.2) is 91.0 Å². The van der Waals surface area contributed by atoms with E-state index in [0.717, 1.165) is 0 Å². The second-order valence-electron chi connectivity index (χ2n) is 6.50. The zero-order valence-corrected chi connectivity index (χ0v) is 14.6. The zero-order chi connectivity index (χ0) is 17.2. The number of nitrogens with zero attached hydrogens (tertiary/aromatic N) is 1. The van der Waals surface area contributed by atoms with Crippen molar-refractivity contribution in [3.8, 4) is 11.1 Å². The molecule has 0 aliphatic rings. The van der Waals surface area contributed by atoms with Gasteiger partial charge in [0, 0.05) is 18.4 Å². The van der Waals surface area contributed by atoms with E-state index in [1.807, 2.05) is 0 Å². The van der Waals surface area contributed by atoms with Gasteiger partial charge in [-0.25, -0.2) is 0 Å². The van der Waals surface area contributed by atoms with Gasteiger partial charge in [0.2, 0.25) is 0 Å². The third-order valence-electron chi connectivity index (χ3n) is 4.76. The molecule has 0 radical (unpaired) electrons. The zero-order valence-electron chi connectivity index (χ0n) is 14.6. The van der Waals surface area contributed by atoms with E-state index in [1.165, 1.54) is 38.8 Å². The Morgan fingerprint density at radius 3 is 1.80 bits per heavy atom. The normalized spacial score (nSPS) is 10.8. The van der Waals surface area contributed by atoms with Gasteiger partial charge in [0.1, 0.15) is 0 Å². The van der Waals surface area contributed by atoms with Crippen LogP contribution < -0.4 is 4.90 Å². The summed E-state index contributed by atoms with van der Waals surface area (Å²) in [6.07, 6.45) is 0. The summed E-state index contributed by atoms with van der Waals surface area (Å²) < 4.78 is 0. The number of fused-ring (bicyclic) bond motifs is 1. The molecular formula is C24H21N. The Hall–Kier alpha value is -3.06. The molecule has 0 aromatic heterocycles. The highest BCUT2D eigenvalue weighted by atomic mass is 15.1. The molecule has 0 saturated carbocycles. The van der Waals surface area contributed by atoms with Crippen molar-refractivity contribution >= 4 is 22.1 Å². The molecule has 4 rings (SSSR count). The van der Waals surface area contributed by atoms with Crippen LogP contribution in [0.2, 0.25) is 0 Å². The smallest absolute Gasteiger partial charge is 0.0414 e. The fraction of sp³-hybridized carbons (Fsp3) is 0.0833. The van der Waals surface area contributed by atoms with Gasteiger partial charge < -0.3 is 4.90 Å². The van der Waals surface area contributed by atoms with Crippen LogP contribution in [0.3, 0.4) is 0 Å². The summed E-state index contributed by atoms with van der Waals surface area (Å²) in [6, 6.07) is 32.5. The summed E-state index contributed by atoms with van der Waals surface area (Å²) >= 11 is 0. The highest BCUT2D eigenvalue weighted by Gasteiger charge is 2.06. The van der Waals surface area contributed by atoms with Gasteiger partial charge in [-0.15, -0.1) is 0 Å². The lowest BCUT2D eigenvalue weighted by Gasteiger charge is -2.20. The maximum Gasteiger partial charge on any atom is 0.0414 e. The van der Waals surface area contributed by atoms with Gasteiger partial charge >= 0.3 is 0 Å². The van der Waals surface area contributed by atoms with E-state index in [9.17, 15) is 0 Å². The van der Waals surface area contributed by atoms with Crippen LogP contribution in [0, 0.1) is 6.92 Å². The maximum absolute atomic E-state index is 2.24. The van der Waals surface area contributed by atoms with E-state index in [-0.39, 0.29) is 0 Å². The SMILES string of the molecule is Cc1ccc(-c2ccc(N(C)c3ccc4ccccc4c3)cc2)cc1. The number of hydrogen-bond donors (Lipinski definition) is 0. The van der Waals surface area contributed by atoms with Crippen molar-refractivity contribution in [1.82, 2.24) is 0 Å². The molecule has 4 aromatic carbocycles. The largest absolute Gasteiger partial charge is 0.345 e. The van der Waals surface area contributed by atoms with E-state index in [1.54, 1.807) is 0 Å². The second-order valence-corrected chi connectivity index (χ2v) is 6.50. The topological polar surface area (TPSA) is 3.24 Å². The molecular weight excluding hydrogens is 302 g/mol. The third-order valence-corrected chi connectivity index (χ3v) is 4.76. The molecule has 0 amide bonds. The maximum atomic E-state index is 2.24. The van der Waals surface area contributed by atoms with Crippen LogP contribution in [0.1, 0.15) is 5.56 Å². The monoisotopic (exact) mass is 323 g/mol. The predicted octanol–water partition coefficient (Wildman–Crippen LogP) is 6.58. The Kier molecular flexibility index (Phi) is 3.99. The van der Waals surface area contributed by atoms with Crippen LogP contribution in [-0.4, -0.2) is 7.05 Å². The van der Waals surface area contributed by atoms with E-state index in [4.69, 9.17) is 0 Å². The standard InChI is InChI=1S/C24H21N/c1-18-7-9-20(10-8-18)21-11-14-23(15-12-21)25(2)24-16-13-19-5-3-4-6-22(19)17-24/h3-17H,1-2H3. The number of hydrogen-bond acceptors (Lipinski definition) is 1. The molecule has 0 spiro atoms. The van der Waals surface area contributed by atoms with Gasteiger partial charge in [0.15, 0.2) is 0 Å². The average Bonchev–Trinajstić information content (AvgIpc) is 2.68. The molecule has 0 aliphatic heterocycles. The van der Waals surface area contributed by atoms with Crippen molar-refractivity contribution in [3.05, 3.63) is 96.6 Å². The van der Waals surface area contributed by atoms with Gasteiger partial charge in [-0.3, -0.25) is 0 Å². The molecule has 0 bridgehead atoms. The first-order chi connectivity index (χ1) is 12.2. The second kappa shape index (κ2) is 6.45. The lowest BCUT2D eigenvalue weighted by Crippen LogP contribution is -2.09. The fourth-order valence-corrected chi connectivity index (χ4v) is 3.16. The van der Waals surface area contributed by atoms with E-state index >= 15 is 0 Å². The van der Waals surface area contributed by atoms with Crippen LogP contribution in [0.4, 0.5) is 11.4 Å². The van der Waals surface area contributed by atoms with Crippen molar-refractivity contribution in [3.63, 3.8) is 0 Å². The van der Waals surface area contributed by atoms with Gasteiger partial charge in [-0.05, 0) is 53.1 Å². The minimum atomic E-state index is 1.19. The number of anilines is 2. The molecule has 0 saturated heterocycles. The van der Waals surface area contributed by atoms with Crippen molar-refractivity contribution in [2.45, 2.75) is 6.92 Å². The Morgan fingerprint density at radius 2 is 1.12 bits per heavy atom. The Balaban J connectivity index is 1.63. The fourth-order valence-electron chi connectivity index (χ4n) is 3.16. The third kappa shape index (κ3) is 3.14. The number of rotatable bonds is 3. The van der Waals surface area contributed by atoms with Crippen molar-refractivity contribution in [1.29, 1.82) is 0 Å². The Bertz CT molecular complexity index is 998. The first-order valence-corrected chi connectivity index (χ1v) is 8.60. The minimum Gasteiger partial charge on any atom is -0.345 e. The average molecular weight is 323 g/mol. The molecule has 0 N–H and O–H groups in total. The van der Waals surface area contributed by atoms with E-state index in [0.29, 0.717) is 0 Å². The highest BCUT2D eigenvalue weighted by Crippen LogP contribution is 2.29. The van der Waals surface area contributed by atoms with Crippen LogP contribution in [0.25, 0.3) is 21.9 Å². The summed E-state index contributed by atoms with van der Waals surface area (Å²) in [5.74, 6) is 0. The number of benzene rings is 4. The molecule has 4 aromatic rings. The summed E-state index contributed by atoms with van der Waals surface area (Å²) in [6.45, 7) is 2.12. The molecule has 0 heterocycles. The quantitative estimate of drug-likeness (QED) is 0.411.